The van der Waals surface area contributed by atoms with E-state index in [-0.39, 0.29) is 18.6 Å². The molecule has 0 saturated carbocycles. The monoisotopic (exact) mass is 394 g/mol. The minimum Gasteiger partial charge on any atom is -0.452 e. The van der Waals surface area contributed by atoms with E-state index in [1.165, 1.54) is 6.08 Å². The van der Waals surface area contributed by atoms with Gasteiger partial charge in [0.2, 0.25) is 0 Å². The number of aryl methyl sites for hydroxylation is 1. The third-order valence-corrected chi connectivity index (χ3v) is 5.68. The lowest BCUT2D eigenvalue weighted by atomic mass is 10.1. The molecule has 1 atom stereocenters. The molecule has 5 nitrogen and oxygen atoms in total. The van der Waals surface area contributed by atoms with Gasteiger partial charge in [-0.1, -0.05) is 42.0 Å². The van der Waals surface area contributed by atoms with Gasteiger partial charge in [0.25, 0.3) is 5.91 Å². The number of nitrogens with zero attached hydrogens (tertiary/aromatic N) is 2. The van der Waals surface area contributed by atoms with Crippen LogP contribution in [0.15, 0.2) is 54.6 Å². The first-order valence-electron chi connectivity index (χ1n) is 8.96. The predicted molar refractivity (Wildman–Crippen MR) is 112 cm³/mol. The third kappa shape index (κ3) is 4.84. The SMILES string of the molecule is Cc1ccc(/C=C/C(=O)OCC(=O)N(C)[C@H](C)c2nc3ccccc3s2)cc1. The van der Waals surface area contributed by atoms with E-state index in [1.54, 1.807) is 29.4 Å². The van der Waals surface area contributed by atoms with Gasteiger partial charge in [0.05, 0.1) is 16.3 Å². The molecule has 0 aliphatic heterocycles. The van der Waals surface area contributed by atoms with Crippen LogP contribution in [0.5, 0.6) is 0 Å². The molecule has 0 saturated heterocycles. The quantitative estimate of drug-likeness (QED) is 0.460. The van der Waals surface area contributed by atoms with Crippen LogP contribution < -0.4 is 0 Å². The second kappa shape index (κ2) is 8.80. The van der Waals surface area contributed by atoms with E-state index < -0.39 is 5.97 Å². The molecule has 0 radical (unpaired) electrons. The number of para-hydroxylation sites is 1. The second-order valence-corrected chi connectivity index (χ2v) is 7.61. The molecule has 0 N–H and O–H groups in total. The van der Waals surface area contributed by atoms with Crippen molar-refractivity contribution in [1.82, 2.24) is 9.88 Å². The first kappa shape index (κ1) is 19.8. The van der Waals surface area contributed by atoms with Crippen molar-refractivity contribution in [3.05, 3.63) is 70.7 Å². The summed E-state index contributed by atoms with van der Waals surface area (Å²) in [6, 6.07) is 15.4. The van der Waals surface area contributed by atoms with Crippen molar-refractivity contribution in [2.45, 2.75) is 19.9 Å². The van der Waals surface area contributed by atoms with Crippen molar-refractivity contribution in [2.24, 2.45) is 0 Å². The van der Waals surface area contributed by atoms with Crippen molar-refractivity contribution in [3.8, 4) is 0 Å². The minimum absolute atomic E-state index is 0.202. The number of hydrogen-bond donors (Lipinski definition) is 0. The zero-order chi connectivity index (χ0) is 20.1. The molecule has 0 aliphatic rings. The normalized spacial score (nSPS) is 12.2. The topological polar surface area (TPSA) is 59.5 Å². The van der Waals surface area contributed by atoms with E-state index in [0.717, 1.165) is 26.4 Å². The number of carbonyl (C=O) groups excluding carboxylic acids is 2. The summed E-state index contributed by atoms with van der Waals surface area (Å²) in [5, 5.41) is 0.850. The molecule has 0 spiro atoms. The van der Waals surface area contributed by atoms with Crippen LogP contribution in [0.3, 0.4) is 0 Å². The van der Waals surface area contributed by atoms with Gasteiger partial charge < -0.3 is 9.64 Å². The molecular formula is C22H22N2O3S. The van der Waals surface area contributed by atoms with Gasteiger partial charge in [0.1, 0.15) is 5.01 Å². The number of benzene rings is 2. The summed E-state index contributed by atoms with van der Waals surface area (Å²) >= 11 is 1.56. The van der Waals surface area contributed by atoms with E-state index in [0.29, 0.717) is 0 Å². The molecule has 0 fully saturated rings. The molecule has 1 heterocycles. The number of amides is 1. The van der Waals surface area contributed by atoms with Gasteiger partial charge in [-0.15, -0.1) is 11.3 Å². The Hall–Kier alpha value is -2.99. The summed E-state index contributed by atoms with van der Waals surface area (Å²) in [7, 11) is 1.69. The van der Waals surface area contributed by atoms with E-state index in [1.807, 2.05) is 62.4 Å². The maximum Gasteiger partial charge on any atom is 0.331 e. The van der Waals surface area contributed by atoms with Crippen LogP contribution in [0.25, 0.3) is 16.3 Å². The Kier molecular flexibility index (Phi) is 6.21. The largest absolute Gasteiger partial charge is 0.452 e. The van der Waals surface area contributed by atoms with Gasteiger partial charge in [-0.25, -0.2) is 9.78 Å². The average molecular weight is 394 g/mol. The third-order valence-electron chi connectivity index (χ3n) is 4.47. The number of hydrogen-bond acceptors (Lipinski definition) is 5. The van der Waals surface area contributed by atoms with Gasteiger partial charge in [0.15, 0.2) is 6.61 Å². The van der Waals surface area contributed by atoms with Crippen LogP contribution in [0.2, 0.25) is 0 Å². The summed E-state index contributed by atoms with van der Waals surface area (Å²) in [6.07, 6.45) is 2.99. The number of fused-ring (bicyclic) bond motifs is 1. The van der Waals surface area contributed by atoms with Crippen LogP contribution in [0.4, 0.5) is 0 Å². The standard InChI is InChI=1S/C22H22N2O3S/c1-15-8-10-17(11-9-15)12-13-21(26)27-14-20(25)24(3)16(2)22-23-18-6-4-5-7-19(18)28-22/h4-13,16H,14H2,1-3H3/b13-12+/t16-/m1/s1. The zero-order valence-electron chi connectivity index (χ0n) is 16.1. The van der Waals surface area contributed by atoms with Crippen molar-refractivity contribution in [1.29, 1.82) is 0 Å². The number of rotatable bonds is 6. The molecular weight excluding hydrogens is 372 g/mol. The summed E-state index contributed by atoms with van der Waals surface area (Å²) in [5.74, 6) is -0.821. The minimum atomic E-state index is -0.546. The van der Waals surface area contributed by atoms with E-state index >= 15 is 0 Å². The van der Waals surface area contributed by atoms with Crippen molar-refractivity contribution < 1.29 is 14.3 Å². The highest BCUT2D eigenvalue weighted by molar-refractivity contribution is 7.18. The Morgan fingerprint density at radius 1 is 1.18 bits per heavy atom. The van der Waals surface area contributed by atoms with Gasteiger partial charge in [-0.2, -0.15) is 0 Å². The lowest BCUT2D eigenvalue weighted by Crippen LogP contribution is -2.33. The number of aromatic nitrogens is 1. The Morgan fingerprint density at radius 2 is 1.89 bits per heavy atom. The number of thiazole rings is 1. The highest BCUT2D eigenvalue weighted by Crippen LogP contribution is 2.28. The highest BCUT2D eigenvalue weighted by Gasteiger charge is 2.21. The van der Waals surface area contributed by atoms with Gasteiger partial charge in [-0.05, 0) is 37.6 Å². The summed E-state index contributed by atoms with van der Waals surface area (Å²) < 4.78 is 6.16. The fourth-order valence-corrected chi connectivity index (χ4v) is 3.64. The summed E-state index contributed by atoms with van der Waals surface area (Å²) in [6.45, 7) is 3.61. The summed E-state index contributed by atoms with van der Waals surface area (Å²) in [4.78, 5) is 30.4. The maximum absolute atomic E-state index is 12.4. The van der Waals surface area contributed by atoms with E-state index in [4.69, 9.17) is 4.74 Å². The first-order chi connectivity index (χ1) is 13.4. The second-order valence-electron chi connectivity index (χ2n) is 6.55. The fraction of sp³-hybridized carbons (Fsp3) is 0.227. The van der Waals surface area contributed by atoms with Crippen molar-refractivity contribution in [3.63, 3.8) is 0 Å². The number of ether oxygens (including phenoxy) is 1. The Labute approximate surface area is 168 Å². The smallest absolute Gasteiger partial charge is 0.331 e. The van der Waals surface area contributed by atoms with Crippen LogP contribution in [0, 0.1) is 6.92 Å². The first-order valence-corrected chi connectivity index (χ1v) is 9.78. The Balaban J connectivity index is 1.54. The molecule has 28 heavy (non-hydrogen) atoms. The van der Waals surface area contributed by atoms with E-state index in [2.05, 4.69) is 4.98 Å². The maximum atomic E-state index is 12.4. The Bertz CT molecular complexity index is 975. The van der Waals surface area contributed by atoms with Gasteiger partial charge >= 0.3 is 5.97 Å². The molecule has 0 unspecified atom stereocenters. The number of esters is 1. The van der Waals surface area contributed by atoms with Crippen molar-refractivity contribution >= 4 is 39.5 Å². The molecule has 2 aromatic carbocycles. The molecule has 1 amide bonds. The molecule has 0 aliphatic carbocycles. The molecule has 1 aromatic heterocycles. The predicted octanol–water partition coefficient (Wildman–Crippen LogP) is 4.38. The van der Waals surface area contributed by atoms with Crippen LogP contribution in [-0.4, -0.2) is 35.4 Å². The lowest BCUT2D eigenvalue weighted by molar-refractivity contribution is -0.148. The van der Waals surface area contributed by atoms with Gasteiger partial charge in [-0.3, -0.25) is 4.79 Å². The Morgan fingerprint density at radius 3 is 2.61 bits per heavy atom. The number of likely N-dealkylation sites (N-methyl/N-ethyl adjacent to an activating group) is 1. The molecule has 0 bridgehead atoms. The fourth-order valence-electron chi connectivity index (χ4n) is 2.58. The molecule has 3 rings (SSSR count). The molecule has 3 aromatic rings. The highest BCUT2D eigenvalue weighted by atomic mass is 32.1. The van der Waals surface area contributed by atoms with Crippen molar-refractivity contribution in [2.75, 3.05) is 13.7 Å². The number of carbonyl (C=O) groups is 2. The average Bonchev–Trinajstić information content (AvgIpc) is 3.14. The van der Waals surface area contributed by atoms with Crippen LogP contribution in [-0.2, 0) is 14.3 Å². The lowest BCUT2D eigenvalue weighted by Gasteiger charge is -2.22. The molecule has 144 valence electrons. The van der Waals surface area contributed by atoms with Crippen LogP contribution in [0.1, 0.15) is 29.1 Å². The summed E-state index contributed by atoms with van der Waals surface area (Å²) in [5.41, 5.74) is 2.97. The van der Waals surface area contributed by atoms with Crippen LogP contribution >= 0.6 is 11.3 Å². The van der Waals surface area contributed by atoms with E-state index in [9.17, 15) is 9.59 Å². The van der Waals surface area contributed by atoms with Gasteiger partial charge in [0, 0.05) is 13.1 Å². The molecule has 6 heteroatoms. The zero-order valence-corrected chi connectivity index (χ0v) is 16.9.